The summed E-state index contributed by atoms with van der Waals surface area (Å²) < 4.78 is 5.27. The molecular formula is C18H19ClN2O3S. The lowest BCUT2D eigenvalue weighted by molar-refractivity contribution is -0.125. The Morgan fingerprint density at radius 3 is 2.96 bits per heavy atom. The second-order valence-corrected chi connectivity index (χ2v) is 7.27. The number of rotatable bonds is 5. The van der Waals surface area contributed by atoms with Crippen LogP contribution in [-0.2, 0) is 11.3 Å². The lowest BCUT2D eigenvalue weighted by Crippen LogP contribution is -2.45. The van der Waals surface area contributed by atoms with Gasteiger partial charge in [-0.25, -0.2) is 0 Å². The van der Waals surface area contributed by atoms with Gasteiger partial charge in [-0.1, -0.05) is 17.7 Å². The van der Waals surface area contributed by atoms with Gasteiger partial charge in [0.1, 0.15) is 11.8 Å². The van der Waals surface area contributed by atoms with E-state index in [0.717, 1.165) is 11.3 Å². The quantitative estimate of drug-likeness (QED) is 0.868. The fraction of sp³-hybridized carbons (Fsp3) is 0.333. The van der Waals surface area contributed by atoms with Crippen molar-refractivity contribution in [3.63, 3.8) is 0 Å². The van der Waals surface area contributed by atoms with Gasteiger partial charge in [-0.15, -0.1) is 11.3 Å². The third kappa shape index (κ3) is 3.96. The molecular weight excluding hydrogens is 360 g/mol. The number of nitrogens with one attached hydrogen (secondary N) is 1. The predicted octanol–water partition coefficient (Wildman–Crippen LogP) is 3.33. The number of hydrogen-bond acceptors (Lipinski definition) is 4. The molecule has 1 N–H and O–H groups in total. The highest BCUT2D eigenvalue weighted by Gasteiger charge is 2.35. The van der Waals surface area contributed by atoms with Crippen LogP contribution in [-0.4, -0.2) is 36.4 Å². The van der Waals surface area contributed by atoms with Crippen molar-refractivity contribution in [2.24, 2.45) is 0 Å². The molecule has 0 aliphatic carbocycles. The Labute approximate surface area is 155 Å². The van der Waals surface area contributed by atoms with Gasteiger partial charge in [-0.3, -0.25) is 9.59 Å². The highest BCUT2D eigenvalue weighted by Crippen LogP contribution is 2.27. The third-order valence-electron chi connectivity index (χ3n) is 4.23. The van der Waals surface area contributed by atoms with Crippen LogP contribution in [0.1, 0.15) is 28.1 Å². The molecule has 132 valence electrons. The molecule has 2 heterocycles. The van der Waals surface area contributed by atoms with E-state index in [-0.39, 0.29) is 11.8 Å². The van der Waals surface area contributed by atoms with Crippen LogP contribution in [0.3, 0.4) is 0 Å². The molecule has 3 rings (SSSR count). The standard InChI is InChI=1S/C18H19ClN2O3S/c1-24-16-7-6-12(19)10-14(16)18(23)21-8-2-5-15(21)17(22)20-11-13-4-3-9-25-13/h3-4,6-7,9-10,15H,2,5,8,11H2,1H3,(H,20,22)/t15-/m1/s1. The predicted molar refractivity (Wildman–Crippen MR) is 98.2 cm³/mol. The zero-order valence-corrected chi connectivity index (χ0v) is 15.4. The maximum atomic E-state index is 12.9. The van der Waals surface area contributed by atoms with Gasteiger partial charge < -0.3 is 15.0 Å². The normalized spacial score (nSPS) is 16.7. The van der Waals surface area contributed by atoms with Crippen LogP contribution >= 0.6 is 22.9 Å². The number of carbonyl (C=O) groups is 2. The maximum Gasteiger partial charge on any atom is 0.258 e. The van der Waals surface area contributed by atoms with Crippen molar-refractivity contribution < 1.29 is 14.3 Å². The molecule has 0 unspecified atom stereocenters. The molecule has 5 nitrogen and oxygen atoms in total. The molecule has 1 saturated heterocycles. The van der Waals surface area contributed by atoms with Crippen molar-refractivity contribution in [3.8, 4) is 5.75 Å². The number of methoxy groups -OCH3 is 1. The fourth-order valence-corrected chi connectivity index (χ4v) is 3.81. The molecule has 1 aromatic heterocycles. The van der Waals surface area contributed by atoms with Crippen molar-refractivity contribution in [2.75, 3.05) is 13.7 Å². The molecule has 25 heavy (non-hydrogen) atoms. The number of hydrogen-bond donors (Lipinski definition) is 1. The number of benzene rings is 1. The lowest BCUT2D eigenvalue weighted by atomic mass is 10.1. The van der Waals surface area contributed by atoms with E-state index in [9.17, 15) is 9.59 Å². The number of ether oxygens (including phenoxy) is 1. The van der Waals surface area contributed by atoms with Crippen molar-refractivity contribution >= 4 is 34.8 Å². The van der Waals surface area contributed by atoms with Gasteiger partial charge in [0.2, 0.25) is 5.91 Å². The molecule has 1 atom stereocenters. The minimum Gasteiger partial charge on any atom is -0.496 e. The molecule has 2 aromatic rings. The summed E-state index contributed by atoms with van der Waals surface area (Å²) in [5.74, 6) is 0.104. The topological polar surface area (TPSA) is 58.6 Å². The highest BCUT2D eigenvalue weighted by molar-refractivity contribution is 7.09. The van der Waals surface area contributed by atoms with E-state index in [4.69, 9.17) is 16.3 Å². The van der Waals surface area contributed by atoms with Crippen molar-refractivity contribution in [1.82, 2.24) is 10.2 Å². The van der Waals surface area contributed by atoms with Crippen molar-refractivity contribution in [3.05, 3.63) is 51.2 Å². The molecule has 7 heteroatoms. The van der Waals surface area contributed by atoms with Gasteiger partial charge in [-0.05, 0) is 42.5 Å². The first-order chi connectivity index (χ1) is 12.1. The summed E-state index contributed by atoms with van der Waals surface area (Å²) in [5, 5.41) is 5.35. The number of halogens is 1. The Bertz CT molecular complexity index is 764. The van der Waals surface area contributed by atoms with Crippen LogP contribution in [0.2, 0.25) is 5.02 Å². The number of thiophene rings is 1. The van der Waals surface area contributed by atoms with Crippen LogP contribution < -0.4 is 10.1 Å². The Morgan fingerprint density at radius 1 is 1.40 bits per heavy atom. The van der Waals surface area contributed by atoms with E-state index in [1.807, 2.05) is 17.5 Å². The van der Waals surface area contributed by atoms with Crippen LogP contribution in [0.25, 0.3) is 0 Å². The second-order valence-electron chi connectivity index (χ2n) is 5.80. The zero-order chi connectivity index (χ0) is 17.8. The smallest absolute Gasteiger partial charge is 0.258 e. The van der Waals surface area contributed by atoms with Crippen LogP contribution in [0, 0.1) is 0 Å². The molecule has 0 bridgehead atoms. The Balaban J connectivity index is 1.73. The molecule has 1 fully saturated rings. The summed E-state index contributed by atoms with van der Waals surface area (Å²) in [5.41, 5.74) is 0.382. The number of nitrogens with zero attached hydrogens (tertiary/aromatic N) is 1. The van der Waals surface area contributed by atoms with E-state index in [0.29, 0.717) is 35.8 Å². The minimum atomic E-state index is -0.462. The molecule has 0 saturated carbocycles. The van der Waals surface area contributed by atoms with Gasteiger partial charge in [0.15, 0.2) is 0 Å². The first kappa shape index (κ1) is 17.8. The summed E-state index contributed by atoms with van der Waals surface area (Å²) in [6.07, 6.45) is 1.45. The largest absolute Gasteiger partial charge is 0.496 e. The second kappa shape index (κ2) is 7.89. The first-order valence-electron chi connectivity index (χ1n) is 8.04. The molecule has 1 aromatic carbocycles. The van der Waals surface area contributed by atoms with Crippen LogP contribution in [0.4, 0.5) is 0 Å². The molecule has 1 aliphatic heterocycles. The molecule has 2 amide bonds. The van der Waals surface area contributed by atoms with Gasteiger partial charge in [0, 0.05) is 16.4 Å². The van der Waals surface area contributed by atoms with Crippen LogP contribution in [0.5, 0.6) is 5.75 Å². The van der Waals surface area contributed by atoms with Gasteiger partial charge in [0.25, 0.3) is 5.91 Å². The van der Waals surface area contributed by atoms with Crippen LogP contribution in [0.15, 0.2) is 35.7 Å². The molecule has 1 aliphatic rings. The summed E-state index contributed by atoms with van der Waals surface area (Å²) in [6.45, 7) is 1.03. The summed E-state index contributed by atoms with van der Waals surface area (Å²) in [7, 11) is 1.51. The van der Waals surface area contributed by atoms with E-state index in [1.54, 1.807) is 34.4 Å². The number of amides is 2. The van der Waals surface area contributed by atoms with E-state index in [2.05, 4.69) is 5.32 Å². The summed E-state index contributed by atoms with van der Waals surface area (Å²) >= 11 is 7.62. The summed E-state index contributed by atoms with van der Waals surface area (Å²) in [4.78, 5) is 28.2. The zero-order valence-electron chi connectivity index (χ0n) is 13.8. The maximum absolute atomic E-state index is 12.9. The fourth-order valence-electron chi connectivity index (χ4n) is 2.99. The SMILES string of the molecule is COc1ccc(Cl)cc1C(=O)N1CCC[C@@H]1C(=O)NCc1cccs1. The Kier molecular flexibility index (Phi) is 5.60. The average Bonchev–Trinajstić information content (AvgIpc) is 3.30. The van der Waals surface area contributed by atoms with E-state index < -0.39 is 6.04 Å². The monoisotopic (exact) mass is 378 g/mol. The molecule has 0 spiro atoms. The average molecular weight is 379 g/mol. The van der Waals surface area contributed by atoms with Crippen molar-refractivity contribution in [1.29, 1.82) is 0 Å². The first-order valence-corrected chi connectivity index (χ1v) is 9.30. The number of carbonyl (C=O) groups excluding carboxylic acids is 2. The van der Waals surface area contributed by atoms with E-state index in [1.165, 1.54) is 7.11 Å². The minimum absolute atomic E-state index is 0.125. The number of likely N-dealkylation sites (tertiary alicyclic amines) is 1. The highest BCUT2D eigenvalue weighted by atomic mass is 35.5. The summed E-state index contributed by atoms with van der Waals surface area (Å²) in [6, 6.07) is 8.38. The third-order valence-corrected chi connectivity index (χ3v) is 5.34. The Hall–Kier alpha value is -2.05. The Morgan fingerprint density at radius 2 is 2.24 bits per heavy atom. The van der Waals surface area contributed by atoms with Gasteiger partial charge >= 0.3 is 0 Å². The van der Waals surface area contributed by atoms with E-state index >= 15 is 0 Å². The van der Waals surface area contributed by atoms with Gasteiger partial charge in [0.05, 0.1) is 19.2 Å². The van der Waals surface area contributed by atoms with Crippen molar-refractivity contribution in [2.45, 2.75) is 25.4 Å². The van der Waals surface area contributed by atoms with Gasteiger partial charge in [-0.2, -0.15) is 0 Å². The molecule has 0 radical (unpaired) electrons. The lowest BCUT2D eigenvalue weighted by Gasteiger charge is -2.24.